The minimum Gasteiger partial charge on any atom is -0.394 e. The standard InChI is InChI=1S/C31H43N3O4S/c1-6-16-32(17-7-2)28(36)25-24-14-15-31(39-24)26(25)29(37)34(23(20-35)19-22-12-10-9-11-13-22)27(31)30(38)33(18-8-3)21(4)5/h6,8-13,21,23-27,35H,1,3,7,14-20H2,2,4-5H3/t23-,24-,25+,26+,27?,31?/m1/s1. The molecule has 3 fully saturated rings. The highest BCUT2D eigenvalue weighted by atomic mass is 32.2. The van der Waals surface area contributed by atoms with Crippen LogP contribution in [0.25, 0.3) is 0 Å². The topological polar surface area (TPSA) is 81.2 Å². The smallest absolute Gasteiger partial charge is 0.247 e. The van der Waals surface area contributed by atoms with Crippen LogP contribution in [0.3, 0.4) is 0 Å². The number of hydrogen-bond acceptors (Lipinski definition) is 5. The molecule has 1 N–H and O–H groups in total. The van der Waals surface area contributed by atoms with Crippen LogP contribution in [0.2, 0.25) is 0 Å². The molecule has 7 nitrogen and oxygen atoms in total. The second-order valence-corrected chi connectivity index (χ2v) is 12.9. The number of aliphatic hydroxyl groups is 1. The quantitative estimate of drug-likeness (QED) is 0.378. The summed E-state index contributed by atoms with van der Waals surface area (Å²) < 4.78 is -0.691. The third kappa shape index (κ3) is 5.18. The van der Waals surface area contributed by atoms with Crippen LogP contribution in [0.1, 0.15) is 45.6 Å². The second-order valence-electron chi connectivity index (χ2n) is 11.3. The lowest BCUT2D eigenvalue weighted by atomic mass is 9.70. The predicted octanol–water partition coefficient (Wildman–Crippen LogP) is 3.53. The van der Waals surface area contributed by atoms with E-state index in [1.807, 2.05) is 56.0 Å². The summed E-state index contributed by atoms with van der Waals surface area (Å²) in [4.78, 5) is 48.2. The van der Waals surface area contributed by atoms with Crippen molar-refractivity contribution in [3.63, 3.8) is 0 Å². The first-order chi connectivity index (χ1) is 18.7. The first kappa shape index (κ1) is 29.4. The van der Waals surface area contributed by atoms with Crippen LogP contribution in [0.5, 0.6) is 0 Å². The first-order valence-corrected chi connectivity index (χ1v) is 15.1. The molecule has 3 aliphatic rings. The SMILES string of the molecule is C=CCN(CCC)C(=O)[C@@H]1[C@H]2C(=O)N([C@@H](CO)Cc3ccccc3)C(C(=O)N(CC=C)C(C)C)C23CC[C@H]1S3. The van der Waals surface area contributed by atoms with E-state index in [-0.39, 0.29) is 35.6 Å². The molecule has 3 amide bonds. The molecule has 3 heterocycles. The number of nitrogens with zero attached hydrogens (tertiary/aromatic N) is 3. The van der Waals surface area contributed by atoms with E-state index in [4.69, 9.17) is 0 Å². The van der Waals surface area contributed by atoms with Gasteiger partial charge in [0.15, 0.2) is 0 Å². The molecule has 6 atom stereocenters. The lowest BCUT2D eigenvalue weighted by molar-refractivity contribution is -0.147. The van der Waals surface area contributed by atoms with Crippen molar-refractivity contribution < 1.29 is 19.5 Å². The molecule has 1 aromatic carbocycles. The number of fused-ring (bicyclic) bond motifs is 1. The van der Waals surface area contributed by atoms with Crippen molar-refractivity contribution in [2.24, 2.45) is 11.8 Å². The van der Waals surface area contributed by atoms with Gasteiger partial charge in [0.05, 0.1) is 29.2 Å². The Bertz CT molecular complexity index is 1080. The highest BCUT2D eigenvalue weighted by Gasteiger charge is 2.74. The van der Waals surface area contributed by atoms with E-state index in [1.165, 1.54) is 0 Å². The largest absolute Gasteiger partial charge is 0.394 e. The zero-order valence-electron chi connectivity index (χ0n) is 23.5. The number of thioether (sulfide) groups is 1. The average molecular weight is 554 g/mol. The van der Waals surface area contributed by atoms with Crippen molar-refractivity contribution >= 4 is 29.5 Å². The van der Waals surface area contributed by atoms with E-state index < -0.39 is 28.7 Å². The molecule has 0 saturated carbocycles. The van der Waals surface area contributed by atoms with Crippen molar-refractivity contribution in [3.8, 4) is 0 Å². The lowest BCUT2D eigenvalue weighted by Gasteiger charge is -2.40. The zero-order valence-corrected chi connectivity index (χ0v) is 24.3. The van der Waals surface area contributed by atoms with Crippen molar-refractivity contribution in [3.05, 3.63) is 61.2 Å². The minimum absolute atomic E-state index is 0.00155. The van der Waals surface area contributed by atoms with E-state index in [1.54, 1.807) is 33.7 Å². The average Bonchev–Trinajstić information content (AvgIpc) is 3.57. The Labute approximate surface area is 237 Å². The van der Waals surface area contributed by atoms with E-state index in [9.17, 15) is 19.5 Å². The predicted molar refractivity (Wildman–Crippen MR) is 156 cm³/mol. The maximum absolute atomic E-state index is 14.5. The number of likely N-dealkylation sites (tertiary alicyclic amines) is 1. The molecule has 1 spiro atoms. The van der Waals surface area contributed by atoms with Gasteiger partial charge >= 0.3 is 0 Å². The Kier molecular flexibility index (Phi) is 9.27. The molecule has 1 aromatic rings. The Hall–Kier alpha value is -2.58. The molecular formula is C31H43N3O4S. The summed E-state index contributed by atoms with van der Waals surface area (Å²) in [6, 6.07) is 8.35. The van der Waals surface area contributed by atoms with Gasteiger partial charge in [-0.1, -0.05) is 49.4 Å². The zero-order chi connectivity index (χ0) is 28.3. The van der Waals surface area contributed by atoms with Gasteiger partial charge in [0, 0.05) is 30.9 Å². The summed E-state index contributed by atoms with van der Waals surface area (Å²) in [7, 11) is 0. The monoisotopic (exact) mass is 553 g/mol. The van der Waals surface area contributed by atoms with E-state index >= 15 is 0 Å². The van der Waals surface area contributed by atoms with Gasteiger partial charge in [-0.2, -0.15) is 0 Å². The summed E-state index contributed by atoms with van der Waals surface area (Å²) in [5.41, 5.74) is 0.988. The summed E-state index contributed by atoms with van der Waals surface area (Å²) in [5, 5.41) is 10.6. The van der Waals surface area contributed by atoms with E-state index in [2.05, 4.69) is 13.2 Å². The van der Waals surface area contributed by atoms with Crippen molar-refractivity contribution in [1.82, 2.24) is 14.7 Å². The van der Waals surface area contributed by atoms with E-state index in [0.29, 0.717) is 32.5 Å². The summed E-state index contributed by atoms with van der Waals surface area (Å²) in [6.45, 7) is 14.8. The Balaban J connectivity index is 1.79. The Morgan fingerprint density at radius 1 is 1.18 bits per heavy atom. The van der Waals surface area contributed by atoms with Crippen molar-refractivity contribution in [2.45, 2.75) is 74.6 Å². The molecule has 2 bridgehead atoms. The molecule has 3 saturated heterocycles. The van der Waals surface area contributed by atoms with Crippen LogP contribution in [-0.4, -0.2) is 91.9 Å². The molecule has 39 heavy (non-hydrogen) atoms. The van der Waals surface area contributed by atoms with Crippen LogP contribution in [0.15, 0.2) is 55.6 Å². The fourth-order valence-corrected chi connectivity index (χ4v) is 9.15. The first-order valence-electron chi connectivity index (χ1n) is 14.2. The molecule has 0 aliphatic carbocycles. The van der Waals surface area contributed by atoms with Gasteiger partial charge in [-0.05, 0) is 45.1 Å². The third-order valence-electron chi connectivity index (χ3n) is 8.56. The van der Waals surface area contributed by atoms with Gasteiger partial charge < -0.3 is 19.8 Å². The van der Waals surface area contributed by atoms with Gasteiger partial charge in [0.25, 0.3) is 0 Å². The summed E-state index contributed by atoms with van der Waals surface area (Å²) in [5.74, 6) is -1.38. The highest BCUT2D eigenvalue weighted by molar-refractivity contribution is 8.02. The molecule has 212 valence electrons. The fraction of sp³-hybridized carbons (Fsp3) is 0.581. The molecule has 3 aliphatic heterocycles. The van der Waals surface area contributed by atoms with E-state index in [0.717, 1.165) is 18.4 Å². The van der Waals surface area contributed by atoms with Crippen LogP contribution in [-0.2, 0) is 20.8 Å². The van der Waals surface area contributed by atoms with Gasteiger partial charge in [0.2, 0.25) is 17.7 Å². The van der Waals surface area contributed by atoms with Crippen LogP contribution in [0, 0.1) is 11.8 Å². The Morgan fingerprint density at radius 2 is 1.87 bits per heavy atom. The number of rotatable bonds is 13. The molecule has 4 rings (SSSR count). The second kappa shape index (κ2) is 12.3. The van der Waals surface area contributed by atoms with Gasteiger partial charge in [-0.15, -0.1) is 24.9 Å². The summed E-state index contributed by atoms with van der Waals surface area (Å²) >= 11 is 1.67. The molecular weight excluding hydrogens is 510 g/mol. The number of aliphatic hydroxyl groups excluding tert-OH is 1. The molecule has 0 aromatic heterocycles. The minimum atomic E-state index is -0.745. The number of amides is 3. The number of benzene rings is 1. The number of carbonyl (C=O) groups is 3. The molecule has 2 unspecified atom stereocenters. The van der Waals surface area contributed by atoms with Gasteiger partial charge in [-0.3, -0.25) is 14.4 Å². The van der Waals surface area contributed by atoms with Crippen molar-refractivity contribution in [1.29, 1.82) is 0 Å². The Morgan fingerprint density at radius 3 is 2.46 bits per heavy atom. The highest BCUT2D eigenvalue weighted by Crippen LogP contribution is 2.67. The van der Waals surface area contributed by atoms with Crippen molar-refractivity contribution in [2.75, 3.05) is 26.2 Å². The molecule has 0 radical (unpaired) electrons. The van der Waals surface area contributed by atoms with Crippen LogP contribution >= 0.6 is 11.8 Å². The van der Waals surface area contributed by atoms with Crippen LogP contribution < -0.4 is 0 Å². The lowest BCUT2D eigenvalue weighted by Crippen LogP contribution is -2.59. The van der Waals surface area contributed by atoms with Crippen LogP contribution in [0.4, 0.5) is 0 Å². The molecule has 8 heteroatoms. The van der Waals surface area contributed by atoms with Gasteiger partial charge in [0.1, 0.15) is 6.04 Å². The number of carbonyl (C=O) groups excluding carboxylic acids is 3. The fourth-order valence-electron chi connectivity index (χ4n) is 6.96. The maximum atomic E-state index is 14.5. The normalized spacial score (nSPS) is 27.9. The van der Waals surface area contributed by atoms with Gasteiger partial charge in [-0.25, -0.2) is 0 Å². The summed E-state index contributed by atoms with van der Waals surface area (Å²) in [6.07, 6.45) is 6.19. The maximum Gasteiger partial charge on any atom is 0.247 e. The third-order valence-corrected chi connectivity index (χ3v) is 10.5. The number of hydrogen-bond donors (Lipinski definition) is 1.